The van der Waals surface area contributed by atoms with E-state index in [0.29, 0.717) is 9.79 Å². The van der Waals surface area contributed by atoms with Crippen molar-refractivity contribution in [1.29, 1.82) is 0 Å². The SMILES string of the molecule is CC.CC.CC.CC.O=S(=O)(c1ccccc1)c1ccccc1. The second kappa shape index (κ2) is 18.4. The molecule has 0 unspecified atom stereocenters. The van der Waals surface area contributed by atoms with Crippen LogP contribution in [0.2, 0.25) is 0 Å². The summed E-state index contributed by atoms with van der Waals surface area (Å²) in [5.74, 6) is 0. The van der Waals surface area contributed by atoms with Crippen LogP contribution in [-0.2, 0) is 9.84 Å². The van der Waals surface area contributed by atoms with Crippen LogP contribution < -0.4 is 0 Å². The Labute approximate surface area is 144 Å². The van der Waals surface area contributed by atoms with Crippen molar-refractivity contribution in [2.75, 3.05) is 0 Å². The minimum Gasteiger partial charge on any atom is -0.219 e. The quantitative estimate of drug-likeness (QED) is 0.616. The maximum atomic E-state index is 12.0. The van der Waals surface area contributed by atoms with Crippen molar-refractivity contribution in [3.8, 4) is 0 Å². The molecule has 0 aromatic heterocycles. The molecule has 3 heteroatoms. The maximum Gasteiger partial charge on any atom is 0.206 e. The van der Waals surface area contributed by atoms with Crippen LogP contribution in [0.25, 0.3) is 0 Å². The van der Waals surface area contributed by atoms with Crippen molar-refractivity contribution >= 4 is 9.84 Å². The Morgan fingerprint density at radius 1 is 0.478 bits per heavy atom. The zero-order valence-corrected chi connectivity index (χ0v) is 16.8. The smallest absolute Gasteiger partial charge is 0.206 e. The standard InChI is InChI=1S/C12H10O2S.4C2H6/c13-15(14,11-7-3-1-4-8-11)12-9-5-2-6-10-12;4*1-2/h1-10H;4*1-2H3. The lowest BCUT2D eigenvalue weighted by atomic mass is 10.4. The molecule has 2 nitrogen and oxygen atoms in total. The van der Waals surface area contributed by atoms with E-state index in [1.165, 1.54) is 0 Å². The predicted octanol–water partition coefficient (Wildman–Crippen LogP) is 6.62. The molecule has 0 saturated heterocycles. The molecule has 0 amide bonds. The summed E-state index contributed by atoms with van der Waals surface area (Å²) in [6, 6.07) is 16.9. The average molecular weight is 339 g/mol. The third-order valence-electron chi connectivity index (χ3n) is 2.11. The highest BCUT2D eigenvalue weighted by Crippen LogP contribution is 2.19. The van der Waals surface area contributed by atoms with Crippen LogP contribution in [0, 0.1) is 0 Å². The Morgan fingerprint density at radius 2 is 0.696 bits per heavy atom. The molecular formula is C20H34O2S. The van der Waals surface area contributed by atoms with Gasteiger partial charge in [0.1, 0.15) is 0 Å². The van der Waals surface area contributed by atoms with Crippen molar-refractivity contribution in [2.45, 2.75) is 65.2 Å². The fourth-order valence-corrected chi connectivity index (χ4v) is 2.64. The lowest BCUT2D eigenvalue weighted by molar-refractivity contribution is 0.596. The fraction of sp³-hybridized carbons (Fsp3) is 0.400. The lowest BCUT2D eigenvalue weighted by Crippen LogP contribution is -2.00. The van der Waals surface area contributed by atoms with E-state index >= 15 is 0 Å². The number of hydrogen-bond donors (Lipinski definition) is 0. The molecule has 2 aromatic carbocycles. The molecule has 0 fully saturated rings. The van der Waals surface area contributed by atoms with Gasteiger partial charge in [-0.05, 0) is 24.3 Å². The number of benzene rings is 2. The summed E-state index contributed by atoms with van der Waals surface area (Å²) in [6.45, 7) is 16.0. The molecule has 0 N–H and O–H groups in total. The molecule has 0 aliphatic carbocycles. The van der Waals surface area contributed by atoms with E-state index in [1.54, 1.807) is 60.7 Å². The van der Waals surface area contributed by atoms with Gasteiger partial charge in [-0.15, -0.1) is 0 Å². The van der Waals surface area contributed by atoms with Gasteiger partial charge >= 0.3 is 0 Å². The summed E-state index contributed by atoms with van der Waals surface area (Å²) in [5, 5.41) is 0. The van der Waals surface area contributed by atoms with Crippen LogP contribution in [0.5, 0.6) is 0 Å². The first-order valence-electron chi connectivity index (χ1n) is 8.56. The van der Waals surface area contributed by atoms with Crippen molar-refractivity contribution in [2.24, 2.45) is 0 Å². The van der Waals surface area contributed by atoms with E-state index in [2.05, 4.69) is 0 Å². The third kappa shape index (κ3) is 9.90. The Hall–Kier alpha value is -1.61. The number of rotatable bonds is 2. The summed E-state index contributed by atoms with van der Waals surface area (Å²) in [4.78, 5) is 0.660. The first-order valence-corrected chi connectivity index (χ1v) is 10.0. The molecule has 0 heterocycles. The zero-order valence-electron chi connectivity index (χ0n) is 16.0. The van der Waals surface area contributed by atoms with E-state index in [-0.39, 0.29) is 0 Å². The van der Waals surface area contributed by atoms with Crippen LogP contribution in [0.1, 0.15) is 55.4 Å². The highest BCUT2D eigenvalue weighted by molar-refractivity contribution is 7.91. The van der Waals surface area contributed by atoms with Gasteiger partial charge in [0.2, 0.25) is 9.84 Å². The molecule has 0 atom stereocenters. The summed E-state index contributed by atoms with van der Waals surface area (Å²) >= 11 is 0. The average Bonchev–Trinajstić information content (AvgIpc) is 2.69. The van der Waals surface area contributed by atoms with E-state index in [4.69, 9.17) is 0 Å². The van der Waals surface area contributed by atoms with E-state index < -0.39 is 9.84 Å². The van der Waals surface area contributed by atoms with E-state index in [9.17, 15) is 8.42 Å². The summed E-state index contributed by atoms with van der Waals surface area (Å²) in [5.41, 5.74) is 0. The van der Waals surface area contributed by atoms with Gasteiger partial charge in [-0.3, -0.25) is 0 Å². The Kier molecular flexibility index (Phi) is 21.1. The number of hydrogen-bond acceptors (Lipinski definition) is 2. The number of sulfone groups is 1. The molecule has 132 valence electrons. The molecule has 0 aliphatic rings. The van der Waals surface area contributed by atoms with Crippen molar-refractivity contribution < 1.29 is 8.42 Å². The van der Waals surface area contributed by atoms with Gasteiger partial charge in [-0.2, -0.15) is 0 Å². The highest BCUT2D eigenvalue weighted by atomic mass is 32.2. The van der Waals surface area contributed by atoms with Gasteiger partial charge in [0.05, 0.1) is 9.79 Å². The van der Waals surface area contributed by atoms with Crippen LogP contribution in [0.4, 0.5) is 0 Å². The van der Waals surface area contributed by atoms with Gasteiger partial charge in [-0.1, -0.05) is 91.8 Å². The van der Waals surface area contributed by atoms with E-state index in [1.807, 2.05) is 55.4 Å². The molecule has 0 radical (unpaired) electrons. The molecule has 2 aromatic rings. The molecule has 0 aliphatic heterocycles. The van der Waals surface area contributed by atoms with E-state index in [0.717, 1.165) is 0 Å². The van der Waals surface area contributed by atoms with Crippen LogP contribution >= 0.6 is 0 Å². The van der Waals surface area contributed by atoms with Gasteiger partial charge in [-0.25, -0.2) is 8.42 Å². The first kappa shape index (κ1) is 26.3. The monoisotopic (exact) mass is 338 g/mol. The first-order chi connectivity index (χ1) is 11.2. The lowest BCUT2D eigenvalue weighted by Gasteiger charge is -2.03. The molecule has 0 bridgehead atoms. The zero-order chi connectivity index (χ0) is 18.7. The second-order valence-corrected chi connectivity index (χ2v) is 5.08. The van der Waals surface area contributed by atoms with Crippen LogP contribution in [-0.4, -0.2) is 8.42 Å². The van der Waals surface area contributed by atoms with Crippen molar-refractivity contribution in [3.05, 3.63) is 60.7 Å². The maximum absolute atomic E-state index is 12.0. The fourth-order valence-electron chi connectivity index (χ4n) is 1.34. The summed E-state index contributed by atoms with van der Waals surface area (Å²) in [6.07, 6.45) is 0. The normalized spacial score (nSPS) is 8.35. The molecule has 0 spiro atoms. The Bertz CT molecular complexity index is 487. The largest absolute Gasteiger partial charge is 0.219 e. The van der Waals surface area contributed by atoms with Gasteiger partial charge < -0.3 is 0 Å². The van der Waals surface area contributed by atoms with Gasteiger partial charge in [0.25, 0.3) is 0 Å². The Balaban J connectivity index is -0.000000438. The topological polar surface area (TPSA) is 34.1 Å². The second-order valence-electron chi connectivity index (χ2n) is 3.13. The predicted molar refractivity (Wildman–Crippen MR) is 104 cm³/mol. The third-order valence-corrected chi connectivity index (χ3v) is 3.89. The highest BCUT2D eigenvalue weighted by Gasteiger charge is 2.15. The van der Waals surface area contributed by atoms with Crippen molar-refractivity contribution in [1.82, 2.24) is 0 Å². The van der Waals surface area contributed by atoms with Crippen LogP contribution in [0.3, 0.4) is 0 Å². The van der Waals surface area contributed by atoms with Gasteiger partial charge in [0.15, 0.2) is 0 Å². The molecule has 23 heavy (non-hydrogen) atoms. The summed E-state index contributed by atoms with van der Waals surface area (Å²) < 4.78 is 24.1. The Morgan fingerprint density at radius 3 is 0.913 bits per heavy atom. The van der Waals surface area contributed by atoms with Crippen molar-refractivity contribution in [3.63, 3.8) is 0 Å². The molecule has 0 saturated carbocycles. The minimum atomic E-state index is -3.34. The molecular weight excluding hydrogens is 304 g/mol. The summed E-state index contributed by atoms with van der Waals surface area (Å²) in [7, 11) is -3.34. The van der Waals surface area contributed by atoms with Gasteiger partial charge in [0, 0.05) is 0 Å². The minimum absolute atomic E-state index is 0.330. The van der Waals surface area contributed by atoms with Crippen LogP contribution in [0.15, 0.2) is 70.5 Å². The molecule has 2 rings (SSSR count).